The van der Waals surface area contributed by atoms with Gasteiger partial charge in [-0.15, -0.1) is 0 Å². The number of halogens is 1. The van der Waals surface area contributed by atoms with Gasteiger partial charge in [-0.3, -0.25) is 20.4 Å². The number of nitrogens with one attached hydrogen (secondary N) is 2. The molecule has 0 fully saturated rings. The number of hydrogen-bond acceptors (Lipinski definition) is 2. The zero-order valence-corrected chi connectivity index (χ0v) is 12.4. The van der Waals surface area contributed by atoms with Crippen LogP contribution in [0, 0.1) is 19.7 Å². The van der Waals surface area contributed by atoms with Crippen LogP contribution < -0.4 is 10.9 Å². The first-order chi connectivity index (χ1) is 10.5. The molecule has 4 nitrogen and oxygen atoms in total. The molecule has 0 atom stereocenters. The van der Waals surface area contributed by atoms with E-state index in [1.54, 1.807) is 6.07 Å². The summed E-state index contributed by atoms with van der Waals surface area (Å²) in [7, 11) is 0. The predicted molar refractivity (Wildman–Crippen MR) is 81.6 cm³/mol. The number of hydrazine groups is 1. The maximum Gasteiger partial charge on any atom is 0.269 e. The number of aryl methyl sites for hydroxylation is 2. The lowest BCUT2D eigenvalue weighted by atomic mass is 10.1. The highest BCUT2D eigenvalue weighted by Gasteiger charge is 2.10. The van der Waals surface area contributed by atoms with E-state index < -0.39 is 0 Å². The first-order valence-corrected chi connectivity index (χ1v) is 6.86. The van der Waals surface area contributed by atoms with Crippen LogP contribution in [0.5, 0.6) is 0 Å². The lowest BCUT2D eigenvalue weighted by Gasteiger charge is -2.10. The Bertz CT molecular complexity index is 696. The van der Waals surface area contributed by atoms with E-state index in [9.17, 15) is 14.0 Å². The van der Waals surface area contributed by atoms with Gasteiger partial charge in [-0.25, -0.2) is 4.39 Å². The fraction of sp³-hybridized carbons (Fsp3) is 0.176. The van der Waals surface area contributed by atoms with E-state index in [0.29, 0.717) is 11.1 Å². The van der Waals surface area contributed by atoms with Crippen molar-refractivity contribution in [3.63, 3.8) is 0 Å². The molecular weight excluding hydrogens is 283 g/mol. The number of carbonyl (C=O) groups is 2. The van der Waals surface area contributed by atoms with Gasteiger partial charge in [0, 0.05) is 5.56 Å². The second-order valence-electron chi connectivity index (χ2n) is 5.12. The van der Waals surface area contributed by atoms with Crippen molar-refractivity contribution < 1.29 is 14.0 Å². The molecular formula is C17H17FN2O2. The third-order valence-corrected chi connectivity index (χ3v) is 3.23. The molecule has 114 valence electrons. The third kappa shape index (κ3) is 4.15. The van der Waals surface area contributed by atoms with E-state index in [0.717, 1.165) is 11.1 Å². The first kappa shape index (κ1) is 15.7. The zero-order chi connectivity index (χ0) is 16.1. The topological polar surface area (TPSA) is 58.2 Å². The molecule has 0 heterocycles. The molecule has 0 unspecified atom stereocenters. The Labute approximate surface area is 128 Å². The maximum absolute atomic E-state index is 12.8. The normalized spacial score (nSPS) is 10.1. The molecule has 0 aliphatic rings. The first-order valence-electron chi connectivity index (χ1n) is 6.86. The van der Waals surface area contributed by atoms with E-state index in [1.807, 2.05) is 26.0 Å². The number of rotatable bonds is 3. The molecule has 2 aromatic rings. The van der Waals surface area contributed by atoms with Crippen LogP contribution in [0.15, 0.2) is 42.5 Å². The summed E-state index contributed by atoms with van der Waals surface area (Å²) in [5, 5.41) is 0. The van der Waals surface area contributed by atoms with Crippen molar-refractivity contribution in [2.24, 2.45) is 0 Å². The molecule has 2 amide bonds. The molecule has 2 aromatic carbocycles. The molecule has 0 saturated heterocycles. The minimum Gasteiger partial charge on any atom is -0.273 e. The molecule has 0 saturated carbocycles. The smallest absolute Gasteiger partial charge is 0.269 e. The third-order valence-electron chi connectivity index (χ3n) is 3.23. The van der Waals surface area contributed by atoms with Crippen LogP contribution in [-0.4, -0.2) is 11.8 Å². The lowest BCUT2D eigenvalue weighted by Crippen LogP contribution is -2.42. The number of carbonyl (C=O) groups excluding carboxylic acids is 2. The van der Waals surface area contributed by atoms with Gasteiger partial charge in [0.15, 0.2) is 0 Å². The van der Waals surface area contributed by atoms with Gasteiger partial charge in [-0.1, -0.05) is 29.8 Å². The minimum absolute atomic E-state index is 0.0629. The van der Waals surface area contributed by atoms with E-state index in [1.165, 1.54) is 24.3 Å². The Hall–Kier alpha value is -2.69. The Kier molecular flexibility index (Phi) is 4.88. The Morgan fingerprint density at radius 3 is 2.36 bits per heavy atom. The van der Waals surface area contributed by atoms with Crippen LogP contribution in [0.3, 0.4) is 0 Å². The summed E-state index contributed by atoms with van der Waals surface area (Å²) >= 11 is 0. The van der Waals surface area contributed by atoms with E-state index in [2.05, 4.69) is 10.9 Å². The second-order valence-corrected chi connectivity index (χ2v) is 5.12. The van der Waals surface area contributed by atoms with Crippen LogP contribution in [-0.2, 0) is 11.2 Å². The lowest BCUT2D eigenvalue weighted by molar-refractivity contribution is -0.121. The van der Waals surface area contributed by atoms with E-state index in [-0.39, 0.29) is 24.1 Å². The highest BCUT2D eigenvalue weighted by Crippen LogP contribution is 2.10. The fourth-order valence-electron chi connectivity index (χ4n) is 2.01. The maximum atomic E-state index is 12.8. The average Bonchev–Trinajstić information content (AvgIpc) is 2.49. The van der Waals surface area contributed by atoms with Crippen LogP contribution >= 0.6 is 0 Å². The van der Waals surface area contributed by atoms with Gasteiger partial charge in [0.05, 0.1) is 6.42 Å². The molecule has 5 heteroatoms. The van der Waals surface area contributed by atoms with E-state index in [4.69, 9.17) is 0 Å². The number of benzene rings is 2. The minimum atomic E-state index is -0.370. The molecule has 0 spiro atoms. The van der Waals surface area contributed by atoms with Crippen LogP contribution in [0.25, 0.3) is 0 Å². The predicted octanol–water partition coefficient (Wildman–Crippen LogP) is 2.45. The summed E-state index contributed by atoms with van der Waals surface area (Å²) in [5.74, 6) is -1.09. The van der Waals surface area contributed by atoms with Gasteiger partial charge in [0.25, 0.3) is 5.91 Å². The summed E-state index contributed by atoms with van der Waals surface area (Å²) in [5.41, 5.74) is 7.72. The Morgan fingerprint density at radius 2 is 1.68 bits per heavy atom. The van der Waals surface area contributed by atoms with Gasteiger partial charge in [0.2, 0.25) is 5.91 Å². The van der Waals surface area contributed by atoms with Gasteiger partial charge >= 0.3 is 0 Å². The fourth-order valence-corrected chi connectivity index (χ4v) is 2.01. The quantitative estimate of drug-likeness (QED) is 0.855. The summed E-state index contributed by atoms with van der Waals surface area (Å²) in [6.45, 7) is 3.72. The van der Waals surface area contributed by atoms with Crippen LogP contribution in [0.1, 0.15) is 27.0 Å². The zero-order valence-electron chi connectivity index (χ0n) is 12.4. The van der Waals surface area contributed by atoms with Gasteiger partial charge in [-0.05, 0) is 43.2 Å². The Morgan fingerprint density at radius 1 is 1.00 bits per heavy atom. The highest BCUT2D eigenvalue weighted by atomic mass is 19.1. The average molecular weight is 300 g/mol. The van der Waals surface area contributed by atoms with Crippen molar-refractivity contribution in [2.45, 2.75) is 20.3 Å². The Balaban J connectivity index is 1.91. The molecule has 0 bridgehead atoms. The number of hydrogen-bond donors (Lipinski definition) is 2. The second kappa shape index (κ2) is 6.85. The van der Waals surface area contributed by atoms with Crippen molar-refractivity contribution in [1.29, 1.82) is 0 Å². The van der Waals surface area contributed by atoms with Crippen molar-refractivity contribution in [1.82, 2.24) is 10.9 Å². The summed E-state index contributed by atoms with van der Waals surface area (Å²) in [4.78, 5) is 23.8. The molecule has 2 N–H and O–H groups in total. The standard InChI is InChI=1S/C17H17FN2O2/c1-11-3-4-12(2)15(9-11)17(22)20-19-16(21)10-13-5-7-14(18)8-6-13/h3-9H,10H2,1-2H3,(H,19,21)(H,20,22). The largest absolute Gasteiger partial charge is 0.273 e. The van der Waals surface area contributed by atoms with Crippen LogP contribution in [0.2, 0.25) is 0 Å². The van der Waals surface area contributed by atoms with Crippen molar-refractivity contribution >= 4 is 11.8 Å². The summed E-state index contributed by atoms with van der Waals surface area (Å²) < 4.78 is 12.8. The van der Waals surface area contributed by atoms with Crippen LogP contribution in [0.4, 0.5) is 4.39 Å². The molecule has 0 radical (unpaired) electrons. The SMILES string of the molecule is Cc1ccc(C)c(C(=O)NNC(=O)Cc2ccc(F)cc2)c1. The van der Waals surface area contributed by atoms with Gasteiger partial charge in [0.1, 0.15) is 5.82 Å². The van der Waals surface area contributed by atoms with Crippen molar-refractivity contribution in [3.05, 3.63) is 70.5 Å². The van der Waals surface area contributed by atoms with Crippen molar-refractivity contribution in [2.75, 3.05) is 0 Å². The van der Waals surface area contributed by atoms with Crippen molar-refractivity contribution in [3.8, 4) is 0 Å². The molecule has 0 aliphatic heterocycles. The molecule has 0 aromatic heterocycles. The summed E-state index contributed by atoms with van der Waals surface area (Å²) in [6.07, 6.45) is 0.0629. The molecule has 22 heavy (non-hydrogen) atoms. The summed E-state index contributed by atoms with van der Waals surface area (Å²) in [6, 6.07) is 11.2. The van der Waals surface area contributed by atoms with E-state index >= 15 is 0 Å². The monoisotopic (exact) mass is 300 g/mol. The van der Waals surface area contributed by atoms with Gasteiger partial charge in [-0.2, -0.15) is 0 Å². The van der Waals surface area contributed by atoms with Gasteiger partial charge < -0.3 is 0 Å². The number of amides is 2. The highest BCUT2D eigenvalue weighted by molar-refractivity contribution is 5.96. The molecule has 0 aliphatic carbocycles. The molecule has 2 rings (SSSR count).